The molecule has 0 bridgehead atoms. The van der Waals surface area contributed by atoms with Crippen molar-refractivity contribution in [3.05, 3.63) is 35.2 Å². The number of anilines is 2. The van der Waals surface area contributed by atoms with Crippen LogP contribution in [0.2, 0.25) is 0 Å². The Morgan fingerprint density at radius 3 is 2.75 bits per heavy atom. The second kappa shape index (κ2) is 5.64. The van der Waals surface area contributed by atoms with Crippen molar-refractivity contribution in [1.82, 2.24) is 10.2 Å². The predicted octanol–water partition coefficient (Wildman–Crippen LogP) is 1.93. The summed E-state index contributed by atoms with van der Waals surface area (Å²) in [5.74, 6) is 0.420. The van der Waals surface area contributed by atoms with E-state index in [1.807, 2.05) is 20.8 Å². The average molecular weight is 274 g/mol. The van der Waals surface area contributed by atoms with Gasteiger partial charge in [-0.2, -0.15) is 5.10 Å². The van der Waals surface area contributed by atoms with E-state index in [4.69, 9.17) is 10.5 Å². The van der Waals surface area contributed by atoms with Gasteiger partial charge in [-0.05, 0) is 44.5 Å². The number of amides is 1. The zero-order chi connectivity index (χ0) is 14.7. The molecule has 0 saturated carbocycles. The van der Waals surface area contributed by atoms with Crippen LogP contribution in [0.5, 0.6) is 5.75 Å². The maximum Gasteiger partial charge on any atom is 0.262 e. The minimum atomic E-state index is -0.228. The second-order valence-corrected chi connectivity index (χ2v) is 4.67. The molecule has 0 aliphatic heterocycles. The van der Waals surface area contributed by atoms with Gasteiger partial charge in [0.25, 0.3) is 5.91 Å². The number of aromatic amines is 1. The number of rotatable bonds is 4. The number of aryl methyl sites for hydroxylation is 3. The van der Waals surface area contributed by atoms with Crippen LogP contribution in [0, 0.1) is 20.8 Å². The molecule has 1 heterocycles. The number of nitrogens with zero attached hydrogens (tertiary/aromatic N) is 1. The normalized spacial score (nSPS) is 10.3. The number of hydrogen-bond donors (Lipinski definition) is 3. The van der Waals surface area contributed by atoms with Crippen LogP contribution in [-0.4, -0.2) is 22.7 Å². The number of benzene rings is 1. The first-order chi connectivity index (χ1) is 9.47. The lowest BCUT2D eigenvalue weighted by Crippen LogP contribution is -2.21. The molecule has 0 atom stereocenters. The lowest BCUT2D eigenvalue weighted by atomic mass is 10.2. The van der Waals surface area contributed by atoms with E-state index in [-0.39, 0.29) is 12.5 Å². The van der Waals surface area contributed by atoms with Gasteiger partial charge in [-0.25, -0.2) is 0 Å². The molecule has 6 heteroatoms. The molecule has 0 aliphatic carbocycles. The Kier molecular flexibility index (Phi) is 3.93. The van der Waals surface area contributed by atoms with Gasteiger partial charge in [-0.1, -0.05) is 0 Å². The maximum atomic E-state index is 11.9. The van der Waals surface area contributed by atoms with Gasteiger partial charge in [0.1, 0.15) is 5.75 Å². The average Bonchev–Trinajstić information content (AvgIpc) is 2.69. The molecule has 0 saturated heterocycles. The first kappa shape index (κ1) is 13.9. The number of carbonyl (C=O) groups excluding carboxylic acids is 1. The molecular weight excluding hydrogens is 256 g/mol. The summed E-state index contributed by atoms with van der Waals surface area (Å²) in [6.07, 6.45) is 0. The highest BCUT2D eigenvalue weighted by Gasteiger charge is 2.11. The van der Waals surface area contributed by atoms with Gasteiger partial charge in [0, 0.05) is 5.69 Å². The SMILES string of the molecule is Cc1cc(N)ccc1OCC(=O)Nc1c(C)n[nH]c1C. The van der Waals surface area contributed by atoms with Crippen molar-refractivity contribution in [2.75, 3.05) is 17.7 Å². The molecule has 2 rings (SSSR count). The fraction of sp³-hybridized carbons (Fsp3) is 0.286. The quantitative estimate of drug-likeness (QED) is 0.743. The molecule has 0 unspecified atom stereocenters. The summed E-state index contributed by atoms with van der Waals surface area (Å²) < 4.78 is 5.48. The highest BCUT2D eigenvalue weighted by atomic mass is 16.5. The number of nitrogens with two attached hydrogens (primary N) is 1. The molecule has 2 aromatic rings. The van der Waals surface area contributed by atoms with Crippen LogP contribution in [0.4, 0.5) is 11.4 Å². The Balaban J connectivity index is 1.96. The summed E-state index contributed by atoms with van der Waals surface area (Å²) in [6, 6.07) is 5.30. The highest BCUT2D eigenvalue weighted by Crippen LogP contribution is 2.20. The zero-order valence-electron chi connectivity index (χ0n) is 11.8. The van der Waals surface area contributed by atoms with Gasteiger partial charge in [0.2, 0.25) is 0 Å². The first-order valence-corrected chi connectivity index (χ1v) is 6.27. The highest BCUT2D eigenvalue weighted by molar-refractivity contribution is 5.93. The van der Waals surface area contributed by atoms with Crippen LogP contribution in [0.25, 0.3) is 0 Å². The summed E-state index contributed by atoms with van der Waals surface area (Å²) in [6.45, 7) is 5.49. The summed E-state index contributed by atoms with van der Waals surface area (Å²) in [7, 11) is 0. The standard InChI is InChI=1S/C14H18N4O2/c1-8-6-11(15)4-5-12(8)20-7-13(19)16-14-9(2)17-18-10(14)3/h4-6H,7,15H2,1-3H3,(H,16,19)(H,17,18). The summed E-state index contributed by atoms with van der Waals surface area (Å²) >= 11 is 0. The fourth-order valence-electron chi connectivity index (χ4n) is 1.89. The molecule has 20 heavy (non-hydrogen) atoms. The third-order valence-electron chi connectivity index (χ3n) is 2.95. The Labute approximate surface area is 117 Å². The molecule has 4 N–H and O–H groups in total. The minimum Gasteiger partial charge on any atom is -0.483 e. The Morgan fingerprint density at radius 1 is 1.40 bits per heavy atom. The summed E-state index contributed by atoms with van der Waals surface area (Å²) in [5, 5.41) is 9.61. The number of nitrogens with one attached hydrogen (secondary N) is 2. The monoisotopic (exact) mass is 274 g/mol. The van der Waals surface area contributed by atoms with Gasteiger partial charge >= 0.3 is 0 Å². The van der Waals surface area contributed by atoms with Crippen molar-refractivity contribution in [1.29, 1.82) is 0 Å². The van der Waals surface area contributed by atoms with E-state index in [0.717, 1.165) is 17.0 Å². The third kappa shape index (κ3) is 3.09. The van der Waals surface area contributed by atoms with E-state index in [2.05, 4.69) is 15.5 Å². The molecule has 0 aliphatic rings. The van der Waals surface area contributed by atoms with E-state index in [1.165, 1.54) is 0 Å². The number of H-pyrrole nitrogens is 1. The van der Waals surface area contributed by atoms with Crippen molar-refractivity contribution in [3.8, 4) is 5.75 Å². The van der Waals surface area contributed by atoms with Crippen molar-refractivity contribution >= 4 is 17.3 Å². The van der Waals surface area contributed by atoms with Crippen LogP contribution in [0.15, 0.2) is 18.2 Å². The van der Waals surface area contributed by atoms with Gasteiger partial charge in [-0.3, -0.25) is 9.89 Å². The largest absolute Gasteiger partial charge is 0.483 e. The lowest BCUT2D eigenvalue weighted by Gasteiger charge is -2.10. The minimum absolute atomic E-state index is 0.0607. The predicted molar refractivity (Wildman–Crippen MR) is 77.8 cm³/mol. The Hall–Kier alpha value is -2.50. The van der Waals surface area contributed by atoms with Crippen LogP contribution < -0.4 is 15.8 Å². The smallest absolute Gasteiger partial charge is 0.262 e. The molecule has 0 radical (unpaired) electrons. The molecule has 0 fully saturated rings. The number of ether oxygens (including phenoxy) is 1. The summed E-state index contributed by atoms with van der Waals surface area (Å²) in [5.41, 5.74) is 9.50. The molecule has 1 aromatic carbocycles. The van der Waals surface area contributed by atoms with Gasteiger partial charge in [0.15, 0.2) is 6.61 Å². The first-order valence-electron chi connectivity index (χ1n) is 6.27. The van der Waals surface area contributed by atoms with Gasteiger partial charge in [-0.15, -0.1) is 0 Å². The molecule has 6 nitrogen and oxygen atoms in total. The molecular formula is C14H18N4O2. The van der Waals surface area contributed by atoms with E-state index < -0.39 is 0 Å². The van der Waals surface area contributed by atoms with Crippen molar-refractivity contribution in [2.24, 2.45) is 0 Å². The van der Waals surface area contributed by atoms with Gasteiger partial charge in [0.05, 0.1) is 17.1 Å². The Morgan fingerprint density at radius 2 is 2.15 bits per heavy atom. The van der Waals surface area contributed by atoms with Crippen LogP contribution in [-0.2, 0) is 4.79 Å². The summed E-state index contributed by atoms with van der Waals surface area (Å²) in [4.78, 5) is 11.9. The maximum absolute atomic E-state index is 11.9. The molecule has 1 amide bonds. The van der Waals surface area contributed by atoms with E-state index in [9.17, 15) is 4.79 Å². The molecule has 1 aromatic heterocycles. The van der Waals surface area contributed by atoms with Crippen LogP contribution in [0.1, 0.15) is 17.0 Å². The fourth-order valence-corrected chi connectivity index (χ4v) is 1.89. The van der Waals surface area contributed by atoms with E-state index in [1.54, 1.807) is 18.2 Å². The molecule has 0 spiro atoms. The number of nitrogen functional groups attached to an aromatic ring is 1. The topological polar surface area (TPSA) is 93.0 Å². The zero-order valence-corrected chi connectivity index (χ0v) is 11.8. The number of carbonyl (C=O) groups is 1. The number of hydrogen-bond acceptors (Lipinski definition) is 4. The lowest BCUT2D eigenvalue weighted by molar-refractivity contribution is -0.118. The third-order valence-corrected chi connectivity index (χ3v) is 2.95. The second-order valence-electron chi connectivity index (χ2n) is 4.67. The van der Waals surface area contributed by atoms with Crippen molar-refractivity contribution in [3.63, 3.8) is 0 Å². The molecule has 106 valence electrons. The Bertz CT molecular complexity index is 615. The number of aromatic nitrogens is 2. The van der Waals surface area contributed by atoms with E-state index in [0.29, 0.717) is 17.1 Å². The van der Waals surface area contributed by atoms with Crippen LogP contribution >= 0.6 is 0 Å². The van der Waals surface area contributed by atoms with Crippen molar-refractivity contribution < 1.29 is 9.53 Å². The van der Waals surface area contributed by atoms with Crippen LogP contribution in [0.3, 0.4) is 0 Å². The van der Waals surface area contributed by atoms with Crippen molar-refractivity contribution in [2.45, 2.75) is 20.8 Å². The van der Waals surface area contributed by atoms with Gasteiger partial charge < -0.3 is 15.8 Å². The van der Waals surface area contributed by atoms with E-state index >= 15 is 0 Å².